The molecule has 2 aromatic rings. The molecule has 8 heteroatoms. The van der Waals surface area contributed by atoms with Crippen molar-refractivity contribution < 1.29 is 19.1 Å². The molecule has 0 unspecified atom stereocenters. The molecule has 34 heavy (non-hydrogen) atoms. The van der Waals surface area contributed by atoms with Crippen molar-refractivity contribution in [1.29, 1.82) is 0 Å². The first-order valence-corrected chi connectivity index (χ1v) is 12.2. The van der Waals surface area contributed by atoms with E-state index in [0.717, 1.165) is 30.9 Å². The third-order valence-electron chi connectivity index (χ3n) is 6.62. The minimum Gasteiger partial charge on any atom is -0.496 e. The average Bonchev–Trinajstić information content (AvgIpc) is 2.88. The minimum absolute atomic E-state index is 0.0151. The summed E-state index contributed by atoms with van der Waals surface area (Å²) in [7, 11) is 1.67. The Morgan fingerprint density at radius 3 is 2.32 bits per heavy atom. The van der Waals surface area contributed by atoms with Crippen LogP contribution in [-0.4, -0.2) is 79.5 Å². The quantitative estimate of drug-likeness (QED) is 0.602. The van der Waals surface area contributed by atoms with Gasteiger partial charge in [-0.3, -0.25) is 14.5 Å². The Kier molecular flexibility index (Phi) is 8.29. The average molecular weight is 486 g/mol. The van der Waals surface area contributed by atoms with Crippen LogP contribution in [0, 0.1) is 5.92 Å². The van der Waals surface area contributed by atoms with Gasteiger partial charge in [0.15, 0.2) is 6.61 Å². The molecule has 4 rings (SSSR count). The third kappa shape index (κ3) is 6.21. The second-order valence-corrected chi connectivity index (χ2v) is 9.25. The zero-order valence-corrected chi connectivity index (χ0v) is 20.4. The van der Waals surface area contributed by atoms with Crippen molar-refractivity contribution in [3.05, 3.63) is 59.1 Å². The molecule has 7 nitrogen and oxygen atoms in total. The Labute approximate surface area is 206 Å². The molecule has 0 atom stereocenters. The van der Waals surface area contributed by atoms with Gasteiger partial charge < -0.3 is 19.3 Å². The number of amides is 2. The smallest absolute Gasteiger partial charge is 0.260 e. The summed E-state index contributed by atoms with van der Waals surface area (Å²) < 4.78 is 11.0. The number of hydrogen-bond acceptors (Lipinski definition) is 5. The van der Waals surface area contributed by atoms with Crippen LogP contribution in [0.4, 0.5) is 0 Å². The number of halogens is 1. The van der Waals surface area contributed by atoms with Gasteiger partial charge in [0, 0.05) is 62.3 Å². The molecule has 2 aromatic carbocycles. The highest BCUT2D eigenvalue weighted by Gasteiger charge is 2.32. The summed E-state index contributed by atoms with van der Waals surface area (Å²) in [6.45, 7) is 5.03. The van der Waals surface area contributed by atoms with E-state index in [2.05, 4.69) is 4.90 Å². The van der Waals surface area contributed by atoms with Gasteiger partial charge in [-0.1, -0.05) is 29.8 Å². The number of rotatable bonds is 7. The molecule has 0 radical (unpaired) electrons. The summed E-state index contributed by atoms with van der Waals surface area (Å²) in [6.07, 6.45) is 1.41. The zero-order chi connectivity index (χ0) is 23.9. The van der Waals surface area contributed by atoms with Gasteiger partial charge >= 0.3 is 0 Å². The van der Waals surface area contributed by atoms with Gasteiger partial charge in [0.1, 0.15) is 11.5 Å². The van der Waals surface area contributed by atoms with E-state index in [-0.39, 0.29) is 24.3 Å². The number of carbonyl (C=O) groups excluding carboxylic acids is 2. The number of nitrogens with zero attached hydrogens (tertiary/aromatic N) is 3. The molecule has 182 valence electrons. The van der Waals surface area contributed by atoms with Crippen LogP contribution in [0.5, 0.6) is 11.5 Å². The van der Waals surface area contributed by atoms with E-state index in [4.69, 9.17) is 21.1 Å². The van der Waals surface area contributed by atoms with Crippen molar-refractivity contribution in [2.75, 3.05) is 53.0 Å². The van der Waals surface area contributed by atoms with Crippen LogP contribution >= 0.6 is 11.6 Å². The van der Waals surface area contributed by atoms with Crippen molar-refractivity contribution in [3.63, 3.8) is 0 Å². The van der Waals surface area contributed by atoms with Gasteiger partial charge in [0.25, 0.3) is 5.91 Å². The van der Waals surface area contributed by atoms with Crippen LogP contribution < -0.4 is 9.47 Å². The lowest BCUT2D eigenvalue weighted by atomic mass is 9.95. The molecular formula is C26H32ClN3O4. The molecule has 2 aliphatic heterocycles. The van der Waals surface area contributed by atoms with Gasteiger partial charge in [0.05, 0.1) is 7.11 Å². The molecular weight excluding hydrogens is 454 g/mol. The largest absolute Gasteiger partial charge is 0.496 e. The standard InChI is InChI=1S/C26H32ClN3O4/c1-33-24-8-7-22(27)17-21(24)18-28-13-15-30(16-14-28)26(32)20-9-11-29(12-10-20)25(31)19-34-23-5-3-2-4-6-23/h2-8,17,20H,9-16,18-19H2,1H3. The highest BCUT2D eigenvalue weighted by Crippen LogP contribution is 2.25. The maximum Gasteiger partial charge on any atom is 0.260 e. The fraction of sp³-hybridized carbons (Fsp3) is 0.462. The van der Waals surface area contributed by atoms with Crippen molar-refractivity contribution in [3.8, 4) is 11.5 Å². The van der Waals surface area contributed by atoms with Crippen molar-refractivity contribution in [1.82, 2.24) is 14.7 Å². The molecule has 0 aliphatic carbocycles. The minimum atomic E-state index is -0.0280. The molecule has 2 amide bonds. The molecule has 2 heterocycles. The van der Waals surface area contributed by atoms with Gasteiger partial charge in [0.2, 0.25) is 5.91 Å². The van der Waals surface area contributed by atoms with Crippen molar-refractivity contribution in [2.24, 2.45) is 5.92 Å². The fourth-order valence-corrected chi connectivity index (χ4v) is 4.82. The molecule has 0 bridgehead atoms. The predicted molar refractivity (Wildman–Crippen MR) is 131 cm³/mol. The van der Waals surface area contributed by atoms with Gasteiger partial charge in [-0.25, -0.2) is 0 Å². The molecule has 0 aromatic heterocycles. The molecule has 0 N–H and O–H groups in total. The molecule has 0 spiro atoms. The molecule has 0 saturated carbocycles. The van der Waals surface area contributed by atoms with E-state index in [1.165, 1.54) is 0 Å². The van der Waals surface area contributed by atoms with Crippen LogP contribution in [-0.2, 0) is 16.1 Å². The molecule has 2 aliphatic rings. The van der Waals surface area contributed by atoms with E-state index in [1.807, 2.05) is 58.3 Å². The highest BCUT2D eigenvalue weighted by molar-refractivity contribution is 6.30. The van der Waals surface area contributed by atoms with Gasteiger partial charge in [-0.2, -0.15) is 0 Å². The van der Waals surface area contributed by atoms with E-state index in [9.17, 15) is 9.59 Å². The summed E-state index contributed by atoms with van der Waals surface area (Å²) in [6, 6.07) is 15.0. The Morgan fingerprint density at radius 2 is 1.65 bits per heavy atom. The van der Waals surface area contributed by atoms with E-state index in [0.29, 0.717) is 49.8 Å². The topological polar surface area (TPSA) is 62.3 Å². The lowest BCUT2D eigenvalue weighted by Gasteiger charge is -2.38. The van der Waals surface area contributed by atoms with E-state index >= 15 is 0 Å². The maximum atomic E-state index is 13.1. The van der Waals surface area contributed by atoms with E-state index in [1.54, 1.807) is 7.11 Å². The van der Waals surface area contributed by atoms with Crippen molar-refractivity contribution in [2.45, 2.75) is 19.4 Å². The number of ether oxygens (including phenoxy) is 2. The lowest BCUT2D eigenvalue weighted by molar-refractivity contribution is -0.142. The van der Waals surface area contributed by atoms with Crippen LogP contribution in [0.3, 0.4) is 0 Å². The SMILES string of the molecule is COc1ccc(Cl)cc1CN1CCN(C(=O)C2CCN(C(=O)COc3ccccc3)CC2)CC1. The van der Waals surface area contributed by atoms with Gasteiger partial charge in [-0.15, -0.1) is 0 Å². The number of carbonyl (C=O) groups is 2. The predicted octanol–water partition coefficient (Wildman–Crippen LogP) is 3.31. The first-order valence-electron chi connectivity index (χ1n) is 11.8. The Balaban J connectivity index is 1.20. The summed E-state index contributed by atoms with van der Waals surface area (Å²) in [5.74, 6) is 1.69. The number of likely N-dealkylation sites (tertiary alicyclic amines) is 1. The normalized spacial score (nSPS) is 17.5. The number of benzene rings is 2. The van der Waals surface area contributed by atoms with Crippen molar-refractivity contribution >= 4 is 23.4 Å². The number of methoxy groups -OCH3 is 1. The van der Waals surface area contributed by atoms with Crippen LogP contribution in [0.15, 0.2) is 48.5 Å². The number of para-hydroxylation sites is 1. The first kappa shape index (κ1) is 24.4. The summed E-state index contributed by atoms with van der Waals surface area (Å²) in [5.41, 5.74) is 1.06. The first-order chi connectivity index (χ1) is 16.5. The highest BCUT2D eigenvalue weighted by atomic mass is 35.5. The number of hydrogen-bond donors (Lipinski definition) is 0. The second kappa shape index (κ2) is 11.6. The second-order valence-electron chi connectivity index (χ2n) is 8.81. The number of piperazine rings is 1. The van der Waals surface area contributed by atoms with Gasteiger partial charge in [-0.05, 0) is 43.2 Å². The Hall–Kier alpha value is -2.77. The maximum absolute atomic E-state index is 13.1. The zero-order valence-electron chi connectivity index (χ0n) is 19.6. The summed E-state index contributed by atoms with van der Waals surface area (Å²) in [4.78, 5) is 31.7. The van der Waals surface area contributed by atoms with E-state index < -0.39 is 0 Å². The lowest BCUT2D eigenvalue weighted by Crippen LogP contribution is -2.51. The van der Waals surface area contributed by atoms with Crippen LogP contribution in [0.25, 0.3) is 0 Å². The Bertz CT molecular complexity index is 971. The molecule has 2 saturated heterocycles. The molecule has 2 fully saturated rings. The van der Waals surface area contributed by atoms with Crippen LogP contribution in [0.1, 0.15) is 18.4 Å². The monoisotopic (exact) mass is 485 g/mol. The third-order valence-corrected chi connectivity index (χ3v) is 6.86. The summed E-state index contributed by atoms with van der Waals surface area (Å²) >= 11 is 6.16. The summed E-state index contributed by atoms with van der Waals surface area (Å²) in [5, 5.41) is 0.695. The van der Waals surface area contributed by atoms with Crippen LogP contribution in [0.2, 0.25) is 5.02 Å². The fourth-order valence-electron chi connectivity index (χ4n) is 4.63. The Morgan fingerprint density at radius 1 is 0.941 bits per heavy atom. The number of piperidine rings is 1.